The van der Waals surface area contributed by atoms with Gasteiger partial charge in [0.2, 0.25) is 0 Å². The van der Waals surface area contributed by atoms with Crippen molar-refractivity contribution in [2.45, 2.75) is 20.3 Å². The zero-order valence-corrected chi connectivity index (χ0v) is 16.5. The fourth-order valence-electron chi connectivity index (χ4n) is 3.10. The van der Waals surface area contributed by atoms with E-state index in [0.29, 0.717) is 35.3 Å². The number of hydrogen-bond donors (Lipinski definition) is 3. The number of amides is 1. The summed E-state index contributed by atoms with van der Waals surface area (Å²) in [6.07, 6.45) is 0.566. The molecule has 0 spiro atoms. The Morgan fingerprint density at radius 1 is 1.38 bits per heavy atom. The van der Waals surface area contributed by atoms with Gasteiger partial charge in [0.15, 0.2) is 17.3 Å². The van der Waals surface area contributed by atoms with E-state index in [1.165, 1.54) is 13.2 Å². The van der Waals surface area contributed by atoms with Crippen molar-refractivity contribution in [3.05, 3.63) is 42.2 Å². The number of carbonyl (C=O) groups is 1. The van der Waals surface area contributed by atoms with Crippen LogP contribution < -0.4 is 15.8 Å². The number of nitrogens with zero attached hydrogens (tertiary/aromatic N) is 2. The molecule has 0 bridgehead atoms. The third-order valence-electron chi connectivity index (χ3n) is 4.68. The first-order valence-corrected chi connectivity index (χ1v) is 9.18. The van der Waals surface area contributed by atoms with Crippen LogP contribution in [0.1, 0.15) is 30.6 Å². The topological polar surface area (TPSA) is 102 Å². The summed E-state index contributed by atoms with van der Waals surface area (Å²) in [4.78, 5) is 16.8. The number of methoxy groups -OCH3 is 1. The number of nitrogens with one attached hydrogen (secondary N) is 1. The van der Waals surface area contributed by atoms with E-state index >= 15 is 0 Å². The number of benzene rings is 2. The lowest BCUT2D eigenvalue weighted by atomic mass is 10.1. The lowest BCUT2D eigenvalue weighted by molar-refractivity contribution is 0.0956. The molecule has 8 heteroatoms. The van der Waals surface area contributed by atoms with Crippen molar-refractivity contribution in [2.75, 3.05) is 19.4 Å². The minimum absolute atomic E-state index is 0.0302. The molecule has 0 atom stereocenters. The van der Waals surface area contributed by atoms with Crippen molar-refractivity contribution in [1.29, 1.82) is 0 Å². The second-order valence-corrected chi connectivity index (χ2v) is 6.46. The fourth-order valence-corrected chi connectivity index (χ4v) is 3.10. The van der Waals surface area contributed by atoms with Gasteiger partial charge in [-0.2, -0.15) is 0 Å². The maximum Gasteiger partial charge on any atom is 0.251 e. The molecule has 0 aliphatic rings. The SMILES string of the molecule is C=C(CC)n1c(-c2cc(OC)c(O)c(N)c2F)nc2ccc(C(=O)NCC)cc21. The van der Waals surface area contributed by atoms with E-state index < -0.39 is 17.3 Å². The minimum atomic E-state index is -0.812. The van der Waals surface area contributed by atoms with Crippen molar-refractivity contribution >= 4 is 28.3 Å². The van der Waals surface area contributed by atoms with Crippen LogP contribution in [0, 0.1) is 5.82 Å². The lowest BCUT2D eigenvalue weighted by Crippen LogP contribution is -2.22. The number of phenols is 1. The van der Waals surface area contributed by atoms with Gasteiger partial charge in [-0.1, -0.05) is 13.5 Å². The summed E-state index contributed by atoms with van der Waals surface area (Å²) in [5.41, 5.74) is 7.64. The molecule has 0 fully saturated rings. The van der Waals surface area contributed by atoms with Crippen LogP contribution >= 0.6 is 0 Å². The first kappa shape index (κ1) is 20.2. The summed E-state index contributed by atoms with van der Waals surface area (Å²) in [5.74, 6) is -1.21. The molecule has 0 radical (unpaired) electrons. The number of anilines is 1. The summed E-state index contributed by atoms with van der Waals surface area (Å²) in [6, 6.07) is 6.38. The molecule has 0 aliphatic heterocycles. The van der Waals surface area contributed by atoms with Crippen LogP contribution in [0.4, 0.5) is 10.1 Å². The van der Waals surface area contributed by atoms with Gasteiger partial charge in [0, 0.05) is 17.8 Å². The minimum Gasteiger partial charge on any atom is -0.503 e. The largest absolute Gasteiger partial charge is 0.503 e. The van der Waals surface area contributed by atoms with Gasteiger partial charge in [0.05, 0.1) is 23.7 Å². The quantitative estimate of drug-likeness (QED) is 0.433. The molecule has 1 aromatic heterocycles. The van der Waals surface area contributed by atoms with Crippen LogP contribution in [0.2, 0.25) is 0 Å². The molecule has 7 nitrogen and oxygen atoms in total. The van der Waals surface area contributed by atoms with Crippen LogP contribution in [0.25, 0.3) is 28.1 Å². The van der Waals surface area contributed by atoms with Crippen molar-refractivity contribution in [3.8, 4) is 22.9 Å². The highest BCUT2D eigenvalue weighted by Gasteiger charge is 2.23. The monoisotopic (exact) mass is 398 g/mol. The third kappa shape index (κ3) is 3.37. The van der Waals surface area contributed by atoms with Gasteiger partial charge in [0.1, 0.15) is 11.5 Å². The number of allylic oxidation sites excluding steroid dienone is 1. The van der Waals surface area contributed by atoms with E-state index in [0.717, 1.165) is 0 Å². The van der Waals surface area contributed by atoms with Crippen molar-refractivity contribution in [2.24, 2.45) is 0 Å². The normalized spacial score (nSPS) is 10.9. The molecule has 1 amide bonds. The zero-order chi connectivity index (χ0) is 21.3. The molecule has 3 rings (SSSR count). The molecule has 3 aromatic rings. The number of aromatic hydroxyl groups is 1. The molecule has 1 heterocycles. The number of fused-ring (bicyclic) bond motifs is 1. The van der Waals surface area contributed by atoms with E-state index in [2.05, 4.69) is 16.9 Å². The van der Waals surface area contributed by atoms with Crippen LogP contribution in [-0.4, -0.2) is 34.2 Å². The van der Waals surface area contributed by atoms with E-state index in [-0.39, 0.29) is 23.0 Å². The van der Waals surface area contributed by atoms with Gasteiger partial charge in [-0.15, -0.1) is 0 Å². The van der Waals surface area contributed by atoms with Gasteiger partial charge in [-0.05, 0) is 37.6 Å². The number of carbonyl (C=O) groups excluding carboxylic acids is 1. The molecular formula is C21H23FN4O3. The fraction of sp³-hybridized carbons (Fsp3) is 0.238. The highest BCUT2D eigenvalue weighted by atomic mass is 19.1. The molecule has 0 unspecified atom stereocenters. The van der Waals surface area contributed by atoms with Crippen LogP contribution in [0.15, 0.2) is 30.8 Å². The number of rotatable bonds is 6. The Bertz CT molecular complexity index is 1120. The number of phenolic OH excluding ortho intramolecular Hbond substituents is 1. The summed E-state index contributed by atoms with van der Waals surface area (Å²) >= 11 is 0. The predicted molar refractivity (Wildman–Crippen MR) is 111 cm³/mol. The average Bonchev–Trinajstić information content (AvgIpc) is 3.10. The molecule has 0 saturated heterocycles. The Morgan fingerprint density at radius 2 is 2.10 bits per heavy atom. The first-order chi connectivity index (χ1) is 13.8. The zero-order valence-electron chi connectivity index (χ0n) is 16.5. The first-order valence-electron chi connectivity index (χ1n) is 9.18. The maximum atomic E-state index is 15.0. The number of nitrogen functional groups attached to an aromatic ring is 1. The number of aromatic nitrogens is 2. The molecule has 29 heavy (non-hydrogen) atoms. The summed E-state index contributed by atoms with van der Waals surface area (Å²) in [7, 11) is 1.35. The van der Waals surface area contributed by atoms with E-state index in [1.807, 2.05) is 13.8 Å². The molecular weight excluding hydrogens is 375 g/mol. The Balaban J connectivity index is 2.33. The van der Waals surface area contributed by atoms with Crippen LogP contribution in [0.3, 0.4) is 0 Å². The standard InChI is InChI=1S/C21H23FN4O3/c1-5-11(3)26-15-9-12(21(28)24-6-2)7-8-14(15)25-20(26)13-10-16(29-4)19(27)18(23)17(13)22/h7-10,27H,3,5-6,23H2,1-2,4H3,(H,24,28). The number of halogens is 1. The van der Waals surface area contributed by atoms with Crippen molar-refractivity contribution in [3.63, 3.8) is 0 Å². The molecule has 0 saturated carbocycles. The number of nitrogens with two attached hydrogens (primary N) is 1. The van der Waals surface area contributed by atoms with E-state index in [9.17, 15) is 14.3 Å². The molecule has 2 aromatic carbocycles. The number of hydrogen-bond acceptors (Lipinski definition) is 5. The van der Waals surface area contributed by atoms with Gasteiger partial charge in [-0.25, -0.2) is 9.37 Å². The van der Waals surface area contributed by atoms with Gasteiger partial charge >= 0.3 is 0 Å². The smallest absolute Gasteiger partial charge is 0.251 e. The van der Waals surface area contributed by atoms with Gasteiger partial charge in [-0.3, -0.25) is 9.36 Å². The number of ether oxygens (including phenoxy) is 1. The highest BCUT2D eigenvalue weighted by Crippen LogP contribution is 2.41. The van der Waals surface area contributed by atoms with Crippen molar-refractivity contribution in [1.82, 2.24) is 14.9 Å². The van der Waals surface area contributed by atoms with Gasteiger partial charge in [0.25, 0.3) is 5.91 Å². The number of imidazole rings is 1. The summed E-state index contributed by atoms with van der Waals surface area (Å²) in [5, 5.41) is 12.7. The third-order valence-corrected chi connectivity index (χ3v) is 4.68. The van der Waals surface area contributed by atoms with E-state index in [4.69, 9.17) is 10.5 Å². The van der Waals surface area contributed by atoms with E-state index in [1.54, 1.807) is 22.8 Å². The van der Waals surface area contributed by atoms with Crippen LogP contribution in [0.5, 0.6) is 11.5 Å². The lowest BCUT2D eigenvalue weighted by Gasteiger charge is -2.14. The molecule has 4 N–H and O–H groups in total. The summed E-state index contributed by atoms with van der Waals surface area (Å²) in [6.45, 7) is 8.31. The molecule has 152 valence electrons. The Hall–Kier alpha value is -3.55. The average molecular weight is 398 g/mol. The highest BCUT2D eigenvalue weighted by molar-refractivity contribution is 5.98. The van der Waals surface area contributed by atoms with Gasteiger partial charge < -0.3 is 20.9 Å². The Kier molecular flexibility index (Phi) is 5.45. The van der Waals surface area contributed by atoms with Crippen molar-refractivity contribution < 1.29 is 19.0 Å². The Labute approximate surface area is 167 Å². The second-order valence-electron chi connectivity index (χ2n) is 6.46. The second kappa shape index (κ2) is 7.83. The predicted octanol–water partition coefficient (Wildman–Crippen LogP) is 3.77. The molecule has 0 aliphatic carbocycles. The van der Waals surface area contributed by atoms with Crippen LogP contribution in [-0.2, 0) is 0 Å². The maximum absolute atomic E-state index is 15.0. The summed E-state index contributed by atoms with van der Waals surface area (Å²) < 4.78 is 21.8. The Morgan fingerprint density at radius 3 is 2.72 bits per heavy atom.